The molecule has 3 unspecified atom stereocenters. The van der Waals surface area contributed by atoms with Gasteiger partial charge in [0.15, 0.2) is 0 Å². The number of rotatable bonds is 2. The van der Waals surface area contributed by atoms with Crippen molar-refractivity contribution in [2.24, 2.45) is 0 Å². The molecule has 3 atom stereocenters. The number of ether oxygens (including phenoxy) is 1. The largest absolute Gasteiger partial charge is 0.493 e. The summed E-state index contributed by atoms with van der Waals surface area (Å²) in [5, 5.41) is 13.0. The highest BCUT2D eigenvalue weighted by Gasteiger charge is 2.31. The molecule has 2 N–H and O–H groups in total. The zero-order chi connectivity index (χ0) is 13.9. The Hall–Kier alpha value is -1.55. The third-order valence-electron chi connectivity index (χ3n) is 4.33. The maximum absolute atomic E-state index is 12.5. The molecular formula is C16H21NO3. The number of aliphatic hydroxyl groups is 1. The Balaban J connectivity index is 1.72. The summed E-state index contributed by atoms with van der Waals surface area (Å²) in [7, 11) is 0. The van der Waals surface area contributed by atoms with Crippen LogP contribution in [0.25, 0.3) is 0 Å². The van der Waals surface area contributed by atoms with Crippen LogP contribution in [0.1, 0.15) is 43.6 Å². The van der Waals surface area contributed by atoms with Crippen molar-refractivity contribution < 1.29 is 14.6 Å². The molecule has 0 radical (unpaired) electrons. The van der Waals surface area contributed by atoms with Crippen LogP contribution >= 0.6 is 0 Å². The molecule has 108 valence electrons. The molecule has 1 aromatic rings. The number of benzene rings is 1. The minimum atomic E-state index is -0.400. The van der Waals surface area contributed by atoms with Crippen molar-refractivity contribution in [3.63, 3.8) is 0 Å². The summed E-state index contributed by atoms with van der Waals surface area (Å²) < 4.78 is 5.59. The summed E-state index contributed by atoms with van der Waals surface area (Å²) in [5.41, 5.74) is 0.960. The van der Waals surface area contributed by atoms with E-state index in [1.807, 2.05) is 24.3 Å². The third kappa shape index (κ3) is 2.66. The number of para-hydroxylation sites is 1. The average Bonchev–Trinajstić information content (AvgIpc) is 2.49. The molecule has 0 bridgehead atoms. The quantitative estimate of drug-likeness (QED) is 0.867. The number of nitrogens with one attached hydrogen (secondary N) is 1. The van der Waals surface area contributed by atoms with Gasteiger partial charge in [0.1, 0.15) is 5.75 Å². The highest BCUT2D eigenvalue weighted by Crippen LogP contribution is 2.33. The Morgan fingerprint density at radius 3 is 2.85 bits per heavy atom. The number of aliphatic hydroxyl groups excluding tert-OH is 1. The maximum atomic E-state index is 12.5. The fourth-order valence-electron chi connectivity index (χ4n) is 3.18. The van der Waals surface area contributed by atoms with Gasteiger partial charge in [-0.2, -0.15) is 0 Å². The number of fused-ring (bicyclic) bond motifs is 1. The van der Waals surface area contributed by atoms with Crippen molar-refractivity contribution >= 4 is 5.91 Å². The van der Waals surface area contributed by atoms with E-state index < -0.39 is 6.10 Å². The second kappa shape index (κ2) is 5.83. The molecule has 1 aliphatic heterocycles. The molecule has 1 saturated carbocycles. The van der Waals surface area contributed by atoms with Crippen molar-refractivity contribution in [3.05, 3.63) is 29.8 Å². The van der Waals surface area contributed by atoms with E-state index in [2.05, 4.69) is 5.32 Å². The van der Waals surface area contributed by atoms with Crippen LogP contribution in [0.2, 0.25) is 0 Å². The summed E-state index contributed by atoms with van der Waals surface area (Å²) in [5.74, 6) is 0.670. The number of hydrogen-bond acceptors (Lipinski definition) is 3. The van der Waals surface area contributed by atoms with E-state index in [1.54, 1.807) is 0 Å². The smallest absolute Gasteiger partial charge is 0.228 e. The van der Waals surface area contributed by atoms with Crippen molar-refractivity contribution in [1.82, 2.24) is 5.32 Å². The van der Waals surface area contributed by atoms with E-state index in [0.717, 1.165) is 37.0 Å². The molecule has 1 amide bonds. The van der Waals surface area contributed by atoms with Crippen LogP contribution in [0.3, 0.4) is 0 Å². The van der Waals surface area contributed by atoms with Gasteiger partial charge in [0.25, 0.3) is 0 Å². The highest BCUT2D eigenvalue weighted by atomic mass is 16.5. The van der Waals surface area contributed by atoms with Gasteiger partial charge in [0, 0.05) is 5.56 Å². The summed E-state index contributed by atoms with van der Waals surface area (Å²) in [4.78, 5) is 12.5. The predicted molar refractivity (Wildman–Crippen MR) is 75.7 cm³/mol. The first kappa shape index (κ1) is 13.4. The molecule has 4 heteroatoms. The van der Waals surface area contributed by atoms with Gasteiger partial charge < -0.3 is 15.2 Å². The molecule has 0 spiro atoms. The first-order chi connectivity index (χ1) is 9.75. The summed E-state index contributed by atoms with van der Waals surface area (Å²) >= 11 is 0. The van der Waals surface area contributed by atoms with Crippen LogP contribution < -0.4 is 10.1 Å². The minimum Gasteiger partial charge on any atom is -0.493 e. The van der Waals surface area contributed by atoms with Gasteiger partial charge in [-0.3, -0.25) is 4.79 Å². The third-order valence-corrected chi connectivity index (χ3v) is 4.33. The van der Waals surface area contributed by atoms with E-state index in [-0.39, 0.29) is 17.9 Å². The SMILES string of the molecule is O=C(NC1CCCCC1O)C1CCOc2ccccc21. The van der Waals surface area contributed by atoms with Crippen molar-refractivity contribution in [1.29, 1.82) is 0 Å². The van der Waals surface area contributed by atoms with E-state index in [9.17, 15) is 9.90 Å². The van der Waals surface area contributed by atoms with E-state index in [4.69, 9.17) is 4.74 Å². The lowest BCUT2D eigenvalue weighted by atomic mass is 9.89. The second-order valence-electron chi connectivity index (χ2n) is 5.69. The predicted octanol–water partition coefficient (Wildman–Crippen LogP) is 1.97. The van der Waals surface area contributed by atoms with Crippen LogP contribution in [0.15, 0.2) is 24.3 Å². The van der Waals surface area contributed by atoms with Gasteiger partial charge in [-0.25, -0.2) is 0 Å². The van der Waals surface area contributed by atoms with Gasteiger partial charge >= 0.3 is 0 Å². The summed E-state index contributed by atoms with van der Waals surface area (Å²) in [6.07, 6.45) is 4.08. The molecule has 0 saturated heterocycles. The molecule has 3 rings (SSSR count). The lowest BCUT2D eigenvalue weighted by Gasteiger charge is -2.31. The standard InChI is InChI=1S/C16H21NO3/c18-14-7-3-2-6-13(14)17-16(19)12-9-10-20-15-8-4-1-5-11(12)15/h1,4-5,8,12-14,18H,2-3,6-7,9-10H2,(H,17,19). The normalized spacial score (nSPS) is 29.1. The number of carbonyl (C=O) groups is 1. The molecule has 1 heterocycles. The van der Waals surface area contributed by atoms with Gasteiger partial charge in [-0.15, -0.1) is 0 Å². The van der Waals surface area contributed by atoms with Crippen molar-refractivity contribution in [3.8, 4) is 5.75 Å². The molecule has 0 aromatic heterocycles. The van der Waals surface area contributed by atoms with Gasteiger partial charge in [0.2, 0.25) is 5.91 Å². The Kier molecular flexibility index (Phi) is 3.92. The Morgan fingerprint density at radius 2 is 2.00 bits per heavy atom. The van der Waals surface area contributed by atoms with Crippen LogP contribution in [0.5, 0.6) is 5.75 Å². The summed E-state index contributed by atoms with van der Waals surface area (Å²) in [6.45, 7) is 0.572. The van der Waals surface area contributed by atoms with Crippen LogP contribution in [-0.4, -0.2) is 29.8 Å². The van der Waals surface area contributed by atoms with Gasteiger partial charge in [-0.1, -0.05) is 31.0 Å². The minimum absolute atomic E-state index is 0.0201. The fraction of sp³-hybridized carbons (Fsp3) is 0.562. The van der Waals surface area contributed by atoms with Gasteiger partial charge in [0.05, 0.1) is 24.7 Å². The molecule has 1 aromatic carbocycles. The lowest BCUT2D eigenvalue weighted by molar-refractivity contribution is -0.125. The van der Waals surface area contributed by atoms with Crippen LogP contribution in [0.4, 0.5) is 0 Å². The molecule has 4 nitrogen and oxygen atoms in total. The Morgan fingerprint density at radius 1 is 1.20 bits per heavy atom. The Bertz CT molecular complexity index is 488. The lowest BCUT2D eigenvalue weighted by Crippen LogP contribution is -2.47. The number of carbonyl (C=O) groups excluding carboxylic acids is 1. The fourth-order valence-corrected chi connectivity index (χ4v) is 3.18. The van der Waals surface area contributed by atoms with Gasteiger partial charge in [-0.05, 0) is 25.3 Å². The van der Waals surface area contributed by atoms with E-state index in [1.165, 1.54) is 0 Å². The second-order valence-corrected chi connectivity index (χ2v) is 5.69. The number of hydrogen-bond donors (Lipinski definition) is 2. The molecular weight excluding hydrogens is 254 g/mol. The monoisotopic (exact) mass is 275 g/mol. The first-order valence-corrected chi connectivity index (χ1v) is 7.46. The van der Waals surface area contributed by atoms with E-state index >= 15 is 0 Å². The summed E-state index contributed by atoms with van der Waals surface area (Å²) in [6, 6.07) is 7.62. The van der Waals surface area contributed by atoms with Crippen LogP contribution in [0, 0.1) is 0 Å². The first-order valence-electron chi connectivity index (χ1n) is 7.46. The van der Waals surface area contributed by atoms with Crippen molar-refractivity contribution in [2.45, 2.75) is 50.2 Å². The molecule has 2 aliphatic rings. The molecule has 1 fully saturated rings. The van der Waals surface area contributed by atoms with Crippen molar-refractivity contribution in [2.75, 3.05) is 6.61 Å². The average molecular weight is 275 g/mol. The van der Waals surface area contributed by atoms with E-state index in [0.29, 0.717) is 13.0 Å². The topological polar surface area (TPSA) is 58.6 Å². The Labute approximate surface area is 119 Å². The molecule has 1 aliphatic carbocycles. The zero-order valence-corrected chi connectivity index (χ0v) is 11.5. The van der Waals surface area contributed by atoms with Crippen LogP contribution in [-0.2, 0) is 4.79 Å². The maximum Gasteiger partial charge on any atom is 0.228 e. The molecule has 20 heavy (non-hydrogen) atoms. The highest BCUT2D eigenvalue weighted by molar-refractivity contribution is 5.85. The zero-order valence-electron chi connectivity index (χ0n) is 11.5. The number of amides is 1.